The normalized spacial score (nSPS) is 18.0. The van der Waals surface area contributed by atoms with Gasteiger partial charge in [-0.1, -0.05) is 11.6 Å². The second kappa shape index (κ2) is 7.47. The first kappa shape index (κ1) is 15.1. The number of nitrogens with one attached hydrogen (secondary N) is 3. The molecule has 110 valence electrons. The van der Waals surface area contributed by atoms with E-state index >= 15 is 0 Å². The Kier molecular flexibility index (Phi) is 5.64. The number of amides is 1. The minimum Gasteiger partial charge on any atom is -0.495 e. The summed E-state index contributed by atoms with van der Waals surface area (Å²) >= 11 is 5.92. The summed E-state index contributed by atoms with van der Waals surface area (Å²) in [5.74, 6) is 0.555. The monoisotopic (exact) mass is 297 g/mol. The van der Waals surface area contributed by atoms with Gasteiger partial charge in [0.1, 0.15) is 5.75 Å². The molecule has 0 aromatic heterocycles. The molecular formula is C14H20ClN3O2. The van der Waals surface area contributed by atoms with Crippen LogP contribution >= 0.6 is 11.6 Å². The summed E-state index contributed by atoms with van der Waals surface area (Å²) in [7, 11) is 1.56. The molecule has 1 heterocycles. The van der Waals surface area contributed by atoms with Crippen molar-refractivity contribution >= 4 is 23.2 Å². The summed E-state index contributed by atoms with van der Waals surface area (Å²) in [5, 5.41) is 10.0. The van der Waals surface area contributed by atoms with E-state index in [0.717, 1.165) is 19.5 Å². The Hall–Kier alpha value is -1.30. The first-order valence-electron chi connectivity index (χ1n) is 6.76. The lowest BCUT2D eigenvalue weighted by Crippen LogP contribution is -2.33. The van der Waals surface area contributed by atoms with Gasteiger partial charge in [0.15, 0.2) is 0 Å². The van der Waals surface area contributed by atoms with Crippen LogP contribution in [0.2, 0.25) is 5.02 Å². The number of hydrogen-bond acceptors (Lipinski definition) is 4. The molecule has 0 saturated carbocycles. The minimum atomic E-state index is -0.0518. The molecule has 0 spiro atoms. The Morgan fingerprint density at radius 3 is 3.10 bits per heavy atom. The highest BCUT2D eigenvalue weighted by atomic mass is 35.5. The Morgan fingerprint density at radius 2 is 2.40 bits per heavy atom. The molecule has 3 N–H and O–H groups in total. The van der Waals surface area contributed by atoms with E-state index in [4.69, 9.17) is 16.3 Å². The van der Waals surface area contributed by atoms with E-state index in [1.165, 1.54) is 0 Å². The molecule has 20 heavy (non-hydrogen) atoms. The van der Waals surface area contributed by atoms with Gasteiger partial charge in [0.2, 0.25) is 5.91 Å². The van der Waals surface area contributed by atoms with Crippen LogP contribution < -0.4 is 20.7 Å². The van der Waals surface area contributed by atoms with Crippen molar-refractivity contribution in [2.24, 2.45) is 0 Å². The molecule has 1 amide bonds. The van der Waals surface area contributed by atoms with Crippen molar-refractivity contribution in [3.8, 4) is 5.75 Å². The third kappa shape index (κ3) is 4.37. The maximum absolute atomic E-state index is 11.9. The summed E-state index contributed by atoms with van der Waals surface area (Å²) in [5.41, 5.74) is 0.604. The van der Waals surface area contributed by atoms with Crippen molar-refractivity contribution in [2.75, 3.05) is 32.1 Å². The van der Waals surface area contributed by atoms with Gasteiger partial charge in [-0.3, -0.25) is 4.79 Å². The van der Waals surface area contributed by atoms with E-state index in [1.807, 2.05) is 0 Å². The summed E-state index contributed by atoms with van der Waals surface area (Å²) in [6.07, 6.45) is 1.54. The van der Waals surface area contributed by atoms with Crippen LogP contribution in [0.3, 0.4) is 0 Å². The number of halogens is 1. The number of anilines is 1. The third-order valence-electron chi connectivity index (χ3n) is 3.28. The summed E-state index contributed by atoms with van der Waals surface area (Å²) < 4.78 is 5.19. The van der Waals surface area contributed by atoms with Crippen LogP contribution in [-0.2, 0) is 4.79 Å². The largest absolute Gasteiger partial charge is 0.495 e. The van der Waals surface area contributed by atoms with Gasteiger partial charge in [-0.25, -0.2) is 0 Å². The van der Waals surface area contributed by atoms with Gasteiger partial charge in [-0.05, 0) is 31.2 Å². The van der Waals surface area contributed by atoms with Gasteiger partial charge in [0, 0.05) is 30.6 Å². The summed E-state index contributed by atoms with van der Waals surface area (Å²) in [6.45, 7) is 2.69. The molecule has 1 unspecified atom stereocenters. The van der Waals surface area contributed by atoms with Gasteiger partial charge in [-0.2, -0.15) is 0 Å². The number of ether oxygens (including phenoxy) is 1. The fourth-order valence-electron chi connectivity index (χ4n) is 2.21. The molecule has 6 heteroatoms. The van der Waals surface area contributed by atoms with E-state index in [2.05, 4.69) is 16.0 Å². The summed E-state index contributed by atoms with van der Waals surface area (Å²) in [4.78, 5) is 11.9. The molecule has 1 fully saturated rings. The first-order chi connectivity index (χ1) is 9.69. The Morgan fingerprint density at radius 1 is 1.55 bits per heavy atom. The first-order valence-corrected chi connectivity index (χ1v) is 7.14. The maximum Gasteiger partial charge on any atom is 0.225 e. The fraction of sp³-hybridized carbons (Fsp3) is 0.500. The predicted octanol–water partition coefficient (Wildman–Crippen LogP) is 1.63. The topological polar surface area (TPSA) is 62.4 Å². The molecule has 1 atom stereocenters. The lowest BCUT2D eigenvalue weighted by molar-refractivity contribution is -0.116. The maximum atomic E-state index is 11.9. The van der Waals surface area contributed by atoms with Crippen molar-refractivity contribution in [1.82, 2.24) is 10.6 Å². The third-order valence-corrected chi connectivity index (χ3v) is 3.52. The van der Waals surface area contributed by atoms with Crippen molar-refractivity contribution in [2.45, 2.75) is 18.9 Å². The fourth-order valence-corrected chi connectivity index (χ4v) is 2.38. The standard InChI is InChI=1S/C14H20ClN3O2/c1-20-13-3-2-10(15)8-12(13)18-14(19)5-7-17-11-4-6-16-9-11/h2-3,8,11,16-17H,4-7,9H2,1H3,(H,18,19). The highest BCUT2D eigenvalue weighted by Gasteiger charge is 2.14. The van der Waals surface area contributed by atoms with Gasteiger partial charge in [-0.15, -0.1) is 0 Å². The molecule has 0 bridgehead atoms. The zero-order valence-corrected chi connectivity index (χ0v) is 12.3. The van der Waals surface area contributed by atoms with Gasteiger partial charge in [0.25, 0.3) is 0 Å². The lowest BCUT2D eigenvalue weighted by Gasteiger charge is -2.12. The zero-order chi connectivity index (χ0) is 14.4. The van der Waals surface area contributed by atoms with Gasteiger partial charge in [0.05, 0.1) is 12.8 Å². The van der Waals surface area contributed by atoms with Crippen molar-refractivity contribution in [3.05, 3.63) is 23.2 Å². The second-order valence-corrected chi connectivity index (χ2v) is 5.22. The van der Waals surface area contributed by atoms with Crippen LogP contribution in [0, 0.1) is 0 Å². The molecule has 0 radical (unpaired) electrons. The molecule has 1 aromatic carbocycles. The lowest BCUT2D eigenvalue weighted by atomic mass is 10.2. The summed E-state index contributed by atoms with van der Waals surface area (Å²) in [6, 6.07) is 5.63. The number of methoxy groups -OCH3 is 1. The van der Waals surface area contributed by atoms with Crippen molar-refractivity contribution in [3.63, 3.8) is 0 Å². The average Bonchev–Trinajstić information content (AvgIpc) is 2.92. The van der Waals surface area contributed by atoms with Crippen LogP contribution in [0.5, 0.6) is 5.75 Å². The number of carbonyl (C=O) groups excluding carboxylic acids is 1. The molecule has 1 aliphatic heterocycles. The van der Waals surface area contributed by atoms with Crippen LogP contribution in [-0.4, -0.2) is 38.7 Å². The van der Waals surface area contributed by atoms with E-state index in [-0.39, 0.29) is 5.91 Å². The van der Waals surface area contributed by atoms with E-state index < -0.39 is 0 Å². The molecule has 2 rings (SSSR count). The van der Waals surface area contributed by atoms with Crippen LogP contribution in [0.15, 0.2) is 18.2 Å². The highest BCUT2D eigenvalue weighted by Crippen LogP contribution is 2.27. The van der Waals surface area contributed by atoms with Crippen LogP contribution in [0.1, 0.15) is 12.8 Å². The van der Waals surface area contributed by atoms with Crippen LogP contribution in [0.4, 0.5) is 5.69 Å². The van der Waals surface area contributed by atoms with Crippen molar-refractivity contribution in [1.29, 1.82) is 0 Å². The van der Waals surface area contributed by atoms with Gasteiger partial charge >= 0.3 is 0 Å². The molecule has 1 aromatic rings. The molecule has 1 saturated heterocycles. The Balaban J connectivity index is 1.80. The zero-order valence-electron chi connectivity index (χ0n) is 11.5. The SMILES string of the molecule is COc1ccc(Cl)cc1NC(=O)CCNC1CCNC1. The second-order valence-electron chi connectivity index (χ2n) is 4.79. The number of carbonyl (C=O) groups is 1. The Labute approximate surface area is 124 Å². The van der Waals surface area contributed by atoms with E-state index in [1.54, 1.807) is 25.3 Å². The average molecular weight is 298 g/mol. The van der Waals surface area contributed by atoms with Gasteiger partial charge < -0.3 is 20.7 Å². The molecule has 1 aliphatic rings. The predicted molar refractivity (Wildman–Crippen MR) is 80.5 cm³/mol. The highest BCUT2D eigenvalue weighted by molar-refractivity contribution is 6.31. The molecule has 5 nitrogen and oxygen atoms in total. The van der Waals surface area contributed by atoms with E-state index in [9.17, 15) is 4.79 Å². The Bertz CT molecular complexity index is 462. The minimum absolute atomic E-state index is 0.0518. The molecule has 0 aliphatic carbocycles. The van der Waals surface area contributed by atoms with E-state index in [0.29, 0.717) is 35.5 Å². The molecular weight excluding hydrogens is 278 g/mol. The quantitative estimate of drug-likeness (QED) is 0.747. The number of hydrogen-bond donors (Lipinski definition) is 3. The van der Waals surface area contributed by atoms with Crippen LogP contribution in [0.25, 0.3) is 0 Å². The number of benzene rings is 1. The van der Waals surface area contributed by atoms with Crippen molar-refractivity contribution < 1.29 is 9.53 Å². The number of rotatable bonds is 6. The smallest absolute Gasteiger partial charge is 0.225 e.